The molecule has 1 amide bonds. The van der Waals surface area contributed by atoms with E-state index >= 15 is 0 Å². The van der Waals surface area contributed by atoms with E-state index in [0.717, 1.165) is 0 Å². The summed E-state index contributed by atoms with van der Waals surface area (Å²) in [6.07, 6.45) is -0.495. The van der Waals surface area contributed by atoms with Crippen LogP contribution < -0.4 is 15.4 Å². The molecule has 80 valence electrons. The third-order valence-corrected chi connectivity index (χ3v) is 2.46. The molecule has 0 aliphatic carbocycles. The predicted molar refractivity (Wildman–Crippen MR) is 58.9 cm³/mol. The molecule has 0 spiro atoms. The molecule has 15 heavy (non-hydrogen) atoms. The number of rotatable bonds is 2. The van der Waals surface area contributed by atoms with Crippen LogP contribution in [0.3, 0.4) is 0 Å². The van der Waals surface area contributed by atoms with Crippen molar-refractivity contribution in [2.45, 2.75) is 6.10 Å². The van der Waals surface area contributed by atoms with Gasteiger partial charge >= 0.3 is 0 Å². The number of nitrogens with one attached hydrogen (secondary N) is 2. The zero-order chi connectivity index (χ0) is 10.8. The van der Waals surface area contributed by atoms with Gasteiger partial charge in [-0.2, -0.15) is 0 Å². The summed E-state index contributed by atoms with van der Waals surface area (Å²) >= 11 is 3.23. The van der Waals surface area contributed by atoms with Gasteiger partial charge in [0.15, 0.2) is 17.7 Å². The average molecular weight is 272 g/mol. The number of amides is 1. The van der Waals surface area contributed by atoms with E-state index in [0.29, 0.717) is 22.7 Å². The Labute approximate surface area is 95.3 Å². The number of hydrogen-bond acceptors (Lipinski definition) is 4. The Kier molecular flexibility index (Phi) is 2.88. The Morgan fingerprint density at radius 2 is 2.47 bits per heavy atom. The number of carbonyl (C=O) groups is 1. The van der Waals surface area contributed by atoms with Crippen LogP contribution in [0.15, 0.2) is 16.7 Å². The van der Waals surface area contributed by atoms with Crippen LogP contribution in [0.1, 0.15) is 0 Å². The Bertz CT molecular complexity index is 397. The molecule has 6 heteroatoms. The van der Waals surface area contributed by atoms with Crippen LogP contribution in [0.5, 0.6) is 5.75 Å². The van der Waals surface area contributed by atoms with Crippen molar-refractivity contribution in [1.29, 1.82) is 0 Å². The van der Waals surface area contributed by atoms with E-state index < -0.39 is 6.10 Å². The second-order valence-corrected chi connectivity index (χ2v) is 3.95. The molecule has 1 unspecified atom stereocenters. The molecule has 1 aromatic rings. The molecule has 0 aromatic carbocycles. The molecule has 2 rings (SSSR count). The van der Waals surface area contributed by atoms with E-state index in [-0.39, 0.29) is 5.91 Å². The van der Waals surface area contributed by atoms with E-state index in [2.05, 4.69) is 31.5 Å². The molecule has 1 aliphatic rings. The summed E-state index contributed by atoms with van der Waals surface area (Å²) in [5.74, 6) is 0.877. The highest BCUT2D eigenvalue weighted by Gasteiger charge is 2.27. The van der Waals surface area contributed by atoms with Gasteiger partial charge in [0.05, 0.1) is 0 Å². The number of carbonyl (C=O) groups excluding carboxylic acids is 1. The minimum atomic E-state index is -0.495. The third kappa shape index (κ3) is 2.10. The fourth-order valence-corrected chi connectivity index (χ4v) is 1.64. The normalized spacial score (nSPS) is 19.1. The topological polar surface area (TPSA) is 63.2 Å². The van der Waals surface area contributed by atoms with Gasteiger partial charge in [0.1, 0.15) is 4.60 Å². The predicted octanol–water partition coefficient (Wildman–Crippen LogP) is 0.763. The lowest BCUT2D eigenvalue weighted by molar-refractivity contribution is -0.123. The fraction of sp³-hybridized carbons (Fsp3) is 0.333. The first-order valence-corrected chi connectivity index (χ1v) is 5.28. The van der Waals surface area contributed by atoms with Crippen molar-refractivity contribution in [3.8, 4) is 5.75 Å². The summed E-state index contributed by atoms with van der Waals surface area (Å²) in [6.45, 7) is 0.474. The Morgan fingerprint density at radius 1 is 1.67 bits per heavy atom. The lowest BCUT2D eigenvalue weighted by Crippen LogP contribution is -2.43. The largest absolute Gasteiger partial charge is 0.475 e. The highest BCUT2D eigenvalue weighted by molar-refractivity contribution is 9.10. The van der Waals surface area contributed by atoms with Gasteiger partial charge in [-0.15, -0.1) is 0 Å². The summed E-state index contributed by atoms with van der Waals surface area (Å²) in [5.41, 5.74) is 0. The van der Waals surface area contributed by atoms with Crippen molar-refractivity contribution >= 4 is 27.7 Å². The van der Waals surface area contributed by atoms with Crippen LogP contribution in [0.2, 0.25) is 0 Å². The third-order valence-electron chi connectivity index (χ3n) is 2.02. The van der Waals surface area contributed by atoms with Crippen LogP contribution in [0.4, 0.5) is 5.82 Å². The van der Waals surface area contributed by atoms with E-state index in [9.17, 15) is 4.79 Å². The fourth-order valence-electron chi connectivity index (χ4n) is 1.33. The van der Waals surface area contributed by atoms with Crippen molar-refractivity contribution in [2.75, 3.05) is 18.9 Å². The highest BCUT2D eigenvalue weighted by atomic mass is 79.9. The van der Waals surface area contributed by atoms with Gasteiger partial charge in [-0.25, -0.2) is 4.98 Å². The van der Waals surface area contributed by atoms with Crippen molar-refractivity contribution in [3.63, 3.8) is 0 Å². The Hall–Kier alpha value is -1.14. The summed E-state index contributed by atoms with van der Waals surface area (Å²) < 4.78 is 6.15. The minimum absolute atomic E-state index is 0.178. The zero-order valence-corrected chi connectivity index (χ0v) is 9.67. The maximum atomic E-state index is 11.5. The number of anilines is 1. The summed E-state index contributed by atoms with van der Waals surface area (Å²) in [7, 11) is 1.77. The molecule has 5 nitrogen and oxygen atoms in total. The number of nitrogens with zero attached hydrogens (tertiary/aromatic N) is 1. The molecule has 2 heterocycles. The van der Waals surface area contributed by atoms with Gasteiger partial charge in [0, 0.05) is 6.54 Å². The van der Waals surface area contributed by atoms with Crippen molar-refractivity contribution in [3.05, 3.63) is 16.7 Å². The van der Waals surface area contributed by atoms with Crippen LogP contribution in [-0.4, -0.2) is 30.6 Å². The molecule has 1 atom stereocenters. The van der Waals surface area contributed by atoms with Gasteiger partial charge in [0.2, 0.25) is 0 Å². The van der Waals surface area contributed by atoms with E-state index in [4.69, 9.17) is 4.74 Å². The average Bonchev–Trinajstić information content (AvgIpc) is 2.20. The zero-order valence-electron chi connectivity index (χ0n) is 8.08. The van der Waals surface area contributed by atoms with Crippen molar-refractivity contribution in [2.24, 2.45) is 0 Å². The smallest absolute Gasteiger partial charge is 0.268 e. The molecule has 0 fully saturated rings. The maximum absolute atomic E-state index is 11.5. The van der Waals surface area contributed by atoms with Gasteiger partial charge in [0.25, 0.3) is 5.91 Å². The molecular weight excluding hydrogens is 262 g/mol. The molecule has 1 aliphatic heterocycles. The number of pyridine rings is 1. The van der Waals surface area contributed by atoms with Gasteiger partial charge < -0.3 is 15.4 Å². The van der Waals surface area contributed by atoms with E-state index in [1.807, 2.05) is 0 Å². The quantitative estimate of drug-likeness (QED) is 0.780. The molecule has 1 aromatic heterocycles. The van der Waals surface area contributed by atoms with Gasteiger partial charge in [-0.05, 0) is 35.1 Å². The first-order chi connectivity index (χ1) is 7.20. The molecule has 2 N–H and O–H groups in total. The van der Waals surface area contributed by atoms with Crippen molar-refractivity contribution < 1.29 is 9.53 Å². The summed E-state index contributed by atoms with van der Waals surface area (Å²) in [5, 5.41) is 5.59. The van der Waals surface area contributed by atoms with Gasteiger partial charge in [-0.3, -0.25) is 4.79 Å². The molecule has 0 saturated heterocycles. The first-order valence-electron chi connectivity index (χ1n) is 4.49. The maximum Gasteiger partial charge on any atom is 0.268 e. The monoisotopic (exact) mass is 271 g/mol. The Morgan fingerprint density at radius 3 is 3.20 bits per heavy atom. The number of likely N-dealkylation sites (N-methyl/N-ethyl adjacent to an activating group) is 1. The standard InChI is InChI=1S/C9H10BrN3O2/c1-11-4-6-9(14)13-8-5(15-6)2-3-7(10)12-8/h2-3,6,11H,4H2,1H3,(H,12,13,14). The lowest BCUT2D eigenvalue weighted by atomic mass is 10.2. The lowest BCUT2D eigenvalue weighted by Gasteiger charge is -2.24. The minimum Gasteiger partial charge on any atom is -0.475 e. The summed E-state index contributed by atoms with van der Waals surface area (Å²) in [4.78, 5) is 15.6. The Balaban J connectivity index is 2.26. The van der Waals surface area contributed by atoms with Crippen LogP contribution >= 0.6 is 15.9 Å². The molecular formula is C9H10BrN3O2. The molecule has 0 bridgehead atoms. The second-order valence-electron chi connectivity index (χ2n) is 3.13. The second kappa shape index (κ2) is 4.16. The van der Waals surface area contributed by atoms with Crippen LogP contribution in [0.25, 0.3) is 0 Å². The number of hydrogen-bond donors (Lipinski definition) is 2. The van der Waals surface area contributed by atoms with Crippen molar-refractivity contribution in [1.82, 2.24) is 10.3 Å². The van der Waals surface area contributed by atoms with Gasteiger partial charge in [-0.1, -0.05) is 0 Å². The van der Waals surface area contributed by atoms with E-state index in [1.165, 1.54) is 0 Å². The first kappa shape index (κ1) is 10.4. The molecule has 0 saturated carbocycles. The number of fused-ring (bicyclic) bond motifs is 1. The summed E-state index contributed by atoms with van der Waals surface area (Å²) in [6, 6.07) is 3.54. The van der Waals surface area contributed by atoms with Crippen LogP contribution in [0, 0.1) is 0 Å². The number of aromatic nitrogens is 1. The van der Waals surface area contributed by atoms with E-state index in [1.54, 1.807) is 19.2 Å². The molecule has 0 radical (unpaired) electrons. The number of ether oxygens (including phenoxy) is 1. The SMILES string of the molecule is CNCC1Oc2ccc(Br)nc2NC1=O. The van der Waals surface area contributed by atoms with Crippen LogP contribution in [-0.2, 0) is 4.79 Å². The highest BCUT2D eigenvalue weighted by Crippen LogP contribution is 2.28. The number of halogens is 1.